The van der Waals surface area contributed by atoms with Crippen molar-refractivity contribution in [1.82, 2.24) is 0 Å². The quantitative estimate of drug-likeness (QED) is 0.506. The van der Waals surface area contributed by atoms with Crippen LogP contribution in [0.4, 0.5) is 13.2 Å². The summed E-state index contributed by atoms with van der Waals surface area (Å²) in [6.07, 6.45) is -2.02. The van der Waals surface area contributed by atoms with Crippen LogP contribution in [0, 0.1) is 0 Å². The molecule has 0 aliphatic carbocycles. The van der Waals surface area contributed by atoms with Crippen molar-refractivity contribution in [3.8, 4) is 0 Å². The van der Waals surface area contributed by atoms with Gasteiger partial charge in [0, 0.05) is 5.41 Å². The van der Waals surface area contributed by atoms with Crippen LogP contribution in [0.2, 0.25) is 0 Å². The molecule has 3 aromatic rings. The zero-order chi connectivity index (χ0) is 20.9. The van der Waals surface area contributed by atoms with E-state index in [-0.39, 0.29) is 6.61 Å². The lowest BCUT2D eigenvalue weighted by molar-refractivity contribution is -0.137. The molecule has 3 rings (SSSR count). The van der Waals surface area contributed by atoms with Crippen LogP contribution in [0.15, 0.2) is 91.0 Å². The summed E-state index contributed by atoms with van der Waals surface area (Å²) in [6.45, 7) is 1.52. The second-order valence-corrected chi connectivity index (χ2v) is 7.35. The van der Waals surface area contributed by atoms with E-state index in [0.717, 1.165) is 28.8 Å². The van der Waals surface area contributed by atoms with Gasteiger partial charge in [-0.15, -0.1) is 0 Å². The summed E-state index contributed by atoms with van der Waals surface area (Å²) in [4.78, 5) is 0. The van der Waals surface area contributed by atoms with Crippen molar-refractivity contribution in [2.75, 3.05) is 6.61 Å². The number of aliphatic hydroxyl groups is 1. The van der Waals surface area contributed by atoms with E-state index in [1.807, 2.05) is 66.7 Å². The zero-order valence-electron chi connectivity index (χ0n) is 16.2. The van der Waals surface area contributed by atoms with Gasteiger partial charge in [0.1, 0.15) is 0 Å². The predicted octanol–water partition coefficient (Wildman–Crippen LogP) is 6.48. The van der Waals surface area contributed by atoms with Gasteiger partial charge in [0.2, 0.25) is 0 Å². The normalized spacial score (nSPS) is 13.6. The summed E-state index contributed by atoms with van der Waals surface area (Å²) in [5, 5.41) is 10.1. The molecule has 0 fully saturated rings. The molecule has 0 bridgehead atoms. The number of hydrogen-bond donors (Lipinski definition) is 1. The van der Waals surface area contributed by atoms with Crippen molar-refractivity contribution in [2.24, 2.45) is 0 Å². The van der Waals surface area contributed by atoms with Crippen LogP contribution in [-0.4, -0.2) is 11.7 Å². The topological polar surface area (TPSA) is 20.2 Å². The molecule has 0 saturated carbocycles. The molecular formula is C25H23F3O. The van der Waals surface area contributed by atoms with E-state index in [1.54, 1.807) is 13.0 Å². The molecule has 1 atom stereocenters. The third-order valence-corrected chi connectivity index (χ3v) is 5.16. The van der Waals surface area contributed by atoms with Gasteiger partial charge >= 0.3 is 6.18 Å². The smallest absolute Gasteiger partial charge is 0.395 e. The molecule has 0 spiro atoms. The zero-order valence-corrected chi connectivity index (χ0v) is 16.2. The van der Waals surface area contributed by atoms with Crippen LogP contribution in [0.5, 0.6) is 0 Å². The summed E-state index contributed by atoms with van der Waals surface area (Å²) in [7, 11) is 0. The SMILES string of the molecule is CC(CO)(CC=C(c1ccccc1)c1ccccc1)c1cccc(C(F)(F)F)c1. The first-order valence-corrected chi connectivity index (χ1v) is 9.43. The minimum absolute atomic E-state index is 0.262. The Morgan fingerprint density at radius 2 is 1.31 bits per heavy atom. The third kappa shape index (κ3) is 4.96. The van der Waals surface area contributed by atoms with Crippen LogP contribution >= 0.6 is 0 Å². The standard InChI is InChI=1S/C25H23F3O/c1-24(18-29,21-13-8-14-22(17-21)25(26,27)28)16-15-23(19-9-4-2-5-10-19)20-11-6-3-7-12-20/h2-15,17,29H,16,18H2,1H3. The first kappa shape index (κ1) is 20.9. The first-order chi connectivity index (χ1) is 13.8. The Morgan fingerprint density at radius 3 is 1.79 bits per heavy atom. The molecule has 0 amide bonds. The van der Waals surface area contributed by atoms with E-state index in [9.17, 15) is 18.3 Å². The van der Waals surface area contributed by atoms with Gasteiger partial charge in [0.15, 0.2) is 0 Å². The lowest BCUT2D eigenvalue weighted by Gasteiger charge is -2.28. The van der Waals surface area contributed by atoms with E-state index in [0.29, 0.717) is 12.0 Å². The van der Waals surface area contributed by atoms with Gasteiger partial charge < -0.3 is 5.11 Å². The number of benzene rings is 3. The van der Waals surface area contributed by atoms with Crippen LogP contribution in [0.25, 0.3) is 5.57 Å². The fourth-order valence-corrected chi connectivity index (χ4v) is 3.31. The summed E-state index contributed by atoms with van der Waals surface area (Å²) in [5.41, 5.74) is 1.94. The number of rotatable bonds is 6. The van der Waals surface area contributed by atoms with Crippen molar-refractivity contribution in [1.29, 1.82) is 0 Å². The fourth-order valence-electron chi connectivity index (χ4n) is 3.31. The monoisotopic (exact) mass is 396 g/mol. The largest absolute Gasteiger partial charge is 0.416 e. The Hall–Kier alpha value is -2.85. The van der Waals surface area contributed by atoms with Crippen LogP contribution in [0.1, 0.15) is 35.6 Å². The Morgan fingerprint density at radius 1 is 0.793 bits per heavy atom. The molecule has 4 heteroatoms. The van der Waals surface area contributed by atoms with Gasteiger partial charge in [0.05, 0.1) is 12.2 Å². The third-order valence-electron chi connectivity index (χ3n) is 5.16. The maximum Gasteiger partial charge on any atom is 0.416 e. The Kier molecular flexibility index (Phi) is 6.23. The molecular weight excluding hydrogens is 373 g/mol. The average molecular weight is 396 g/mol. The molecule has 29 heavy (non-hydrogen) atoms. The molecule has 3 aromatic carbocycles. The van der Waals surface area contributed by atoms with E-state index >= 15 is 0 Å². The molecule has 0 saturated heterocycles. The van der Waals surface area contributed by atoms with E-state index < -0.39 is 17.2 Å². The molecule has 0 aliphatic heterocycles. The van der Waals surface area contributed by atoms with Gasteiger partial charge in [-0.25, -0.2) is 0 Å². The summed E-state index contributed by atoms with van der Waals surface area (Å²) < 4.78 is 39.4. The van der Waals surface area contributed by atoms with Gasteiger partial charge in [-0.2, -0.15) is 13.2 Å². The fraction of sp³-hybridized carbons (Fsp3) is 0.200. The lowest BCUT2D eigenvalue weighted by atomic mass is 9.78. The molecule has 0 heterocycles. The minimum atomic E-state index is -4.42. The van der Waals surface area contributed by atoms with Crippen molar-refractivity contribution < 1.29 is 18.3 Å². The highest BCUT2D eigenvalue weighted by atomic mass is 19.4. The molecule has 1 unspecified atom stereocenters. The summed E-state index contributed by atoms with van der Waals surface area (Å²) >= 11 is 0. The number of aliphatic hydroxyl groups excluding tert-OH is 1. The Bertz CT molecular complexity index is 921. The summed E-state index contributed by atoms with van der Waals surface area (Å²) in [6, 6.07) is 24.9. The Labute approximate surface area is 169 Å². The molecule has 1 N–H and O–H groups in total. The average Bonchev–Trinajstić information content (AvgIpc) is 2.75. The highest BCUT2D eigenvalue weighted by molar-refractivity contribution is 5.79. The van der Waals surface area contributed by atoms with E-state index in [2.05, 4.69) is 0 Å². The molecule has 0 aliphatic rings. The molecule has 0 aromatic heterocycles. The van der Waals surface area contributed by atoms with Crippen molar-refractivity contribution >= 4 is 5.57 Å². The number of alkyl halides is 3. The molecule has 150 valence electrons. The maximum absolute atomic E-state index is 13.1. The highest BCUT2D eigenvalue weighted by Crippen LogP contribution is 2.35. The molecule has 1 nitrogen and oxygen atoms in total. The van der Waals surface area contributed by atoms with Crippen LogP contribution < -0.4 is 0 Å². The highest BCUT2D eigenvalue weighted by Gasteiger charge is 2.33. The second-order valence-electron chi connectivity index (χ2n) is 7.35. The van der Waals surface area contributed by atoms with E-state index in [1.165, 1.54) is 6.07 Å². The van der Waals surface area contributed by atoms with E-state index in [4.69, 9.17) is 0 Å². The maximum atomic E-state index is 13.1. The van der Waals surface area contributed by atoms with Gasteiger partial charge in [-0.1, -0.05) is 91.9 Å². The number of halogens is 3. The summed E-state index contributed by atoms with van der Waals surface area (Å²) in [5.74, 6) is 0. The lowest BCUT2D eigenvalue weighted by Crippen LogP contribution is -2.26. The van der Waals surface area contributed by atoms with Crippen LogP contribution in [0.3, 0.4) is 0 Å². The minimum Gasteiger partial charge on any atom is -0.395 e. The number of allylic oxidation sites excluding steroid dienone is 1. The van der Waals surface area contributed by atoms with Crippen molar-refractivity contribution in [2.45, 2.75) is 24.9 Å². The second kappa shape index (κ2) is 8.66. The number of hydrogen-bond acceptors (Lipinski definition) is 1. The van der Waals surface area contributed by atoms with Gasteiger partial charge in [0.25, 0.3) is 0 Å². The molecule has 0 radical (unpaired) electrons. The van der Waals surface area contributed by atoms with Crippen molar-refractivity contribution in [3.63, 3.8) is 0 Å². The van der Waals surface area contributed by atoms with Crippen LogP contribution in [-0.2, 0) is 11.6 Å². The first-order valence-electron chi connectivity index (χ1n) is 9.43. The van der Waals surface area contributed by atoms with Crippen molar-refractivity contribution in [3.05, 3.63) is 113 Å². The Balaban J connectivity index is 2.01. The van der Waals surface area contributed by atoms with Gasteiger partial charge in [-0.3, -0.25) is 0 Å². The van der Waals surface area contributed by atoms with Gasteiger partial charge in [-0.05, 0) is 34.8 Å². The predicted molar refractivity (Wildman–Crippen MR) is 110 cm³/mol.